The lowest BCUT2D eigenvalue weighted by Gasteiger charge is -2.46. The molecule has 1 amide bonds. The summed E-state index contributed by atoms with van der Waals surface area (Å²) in [5.41, 5.74) is 2.00. The van der Waals surface area contributed by atoms with E-state index in [2.05, 4.69) is 34.9 Å². The van der Waals surface area contributed by atoms with E-state index in [1.165, 1.54) is 0 Å². The summed E-state index contributed by atoms with van der Waals surface area (Å²) in [5, 5.41) is 6.91. The summed E-state index contributed by atoms with van der Waals surface area (Å²) in [4.78, 5) is 28.0. The quantitative estimate of drug-likeness (QED) is 0.605. The minimum atomic E-state index is -1.08. The lowest BCUT2D eigenvalue weighted by Crippen LogP contribution is -2.59. The van der Waals surface area contributed by atoms with Crippen LogP contribution in [0.5, 0.6) is 0 Å². The maximum absolute atomic E-state index is 14.1. The molecule has 0 radical (unpaired) electrons. The maximum atomic E-state index is 14.1. The molecule has 1 saturated heterocycles. The number of hydrogen-bond donors (Lipinski definition) is 2. The third kappa shape index (κ3) is 2.41. The molecule has 6 rings (SSSR count). The Morgan fingerprint density at radius 2 is 1.41 bits per heavy atom. The van der Waals surface area contributed by atoms with Crippen LogP contribution in [0.4, 0.5) is 5.69 Å². The maximum Gasteiger partial charge on any atom is 0.250 e. The number of hydrogen-bond acceptors (Lipinski definition) is 3. The van der Waals surface area contributed by atoms with Crippen LogP contribution in [0.25, 0.3) is 0 Å². The van der Waals surface area contributed by atoms with Gasteiger partial charge in [0, 0.05) is 29.6 Å². The highest BCUT2D eigenvalue weighted by atomic mass is 16.2. The molecule has 2 spiro atoms. The summed E-state index contributed by atoms with van der Waals surface area (Å²) >= 11 is 0. The Balaban J connectivity index is 1.68. The Kier molecular flexibility index (Phi) is 4.34. The van der Waals surface area contributed by atoms with Gasteiger partial charge in [-0.15, -0.1) is 0 Å². The Labute approximate surface area is 188 Å². The first-order chi connectivity index (χ1) is 15.7. The van der Waals surface area contributed by atoms with Crippen LogP contribution < -0.4 is 10.6 Å². The van der Waals surface area contributed by atoms with E-state index < -0.39 is 11.0 Å². The molecule has 2 N–H and O–H groups in total. The third-order valence-corrected chi connectivity index (χ3v) is 7.87. The normalized spacial score (nSPS) is 31.1. The molecule has 0 aromatic heterocycles. The van der Waals surface area contributed by atoms with Gasteiger partial charge in [0.2, 0.25) is 5.91 Å². The zero-order valence-corrected chi connectivity index (χ0v) is 17.9. The number of amides is 1. The first kappa shape index (κ1) is 19.4. The van der Waals surface area contributed by atoms with Gasteiger partial charge in [0.25, 0.3) is 0 Å². The molecular formula is C28H26N2O2. The number of anilines is 1. The van der Waals surface area contributed by atoms with Gasteiger partial charge in [-0.05, 0) is 30.0 Å². The first-order valence-corrected chi connectivity index (χ1v) is 11.5. The van der Waals surface area contributed by atoms with Crippen molar-refractivity contribution in [2.45, 2.75) is 43.2 Å². The van der Waals surface area contributed by atoms with Gasteiger partial charge in [-0.3, -0.25) is 14.9 Å². The molecular weight excluding hydrogens is 396 g/mol. The standard InChI is InChI=1S/C28H26N2O2/c31-23-17-9-10-18-27(23)24(19-11-3-1-4-12-19)25(20-13-5-2-6-14-20)30-28(27)21-15-7-8-16-22(21)29-26(28)32/h1-8,11-16,24-25,30H,9-10,17-18H2,(H,29,32). The molecule has 3 aromatic carbocycles. The van der Waals surface area contributed by atoms with Gasteiger partial charge in [-0.25, -0.2) is 0 Å². The van der Waals surface area contributed by atoms with Crippen LogP contribution in [0.2, 0.25) is 0 Å². The van der Waals surface area contributed by atoms with Crippen molar-refractivity contribution in [3.05, 3.63) is 102 Å². The number of ketones is 1. The van der Waals surface area contributed by atoms with Crippen molar-refractivity contribution >= 4 is 17.4 Å². The van der Waals surface area contributed by atoms with Crippen molar-refractivity contribution in [2.24, 2.45) is 5.41 Å². The topological polar surface area (TPSA) is 58.2 Å². The van der Waals surface area contributed by atoms with Crippen LogP contribution in [0.15, 0.2) is 84.9 Å². The Morgan fingerprint density at radius 1 is 0.750 bits per heavy atom. The highest BCUT2D eigenvalue weighted by Crippen LogP contribution is 2.67. The van der Waals surface area contributed by atoms with Crippen LogP contribution in [-0.4, -0.2) is 11.7 Å². The van der Waals surface area contributed by atoms with Crippen molar-refractivity contribution in [3.8, 4) is 0 Å². The molecule has 32 heavy (non-hydrogen) atoms. The predicted molar refractivity (Wildman–Crippen MR) is 124 cm³/mol. The van der Waals surface area contributed by atoms with Crippen LogP contribution >= 0.6 is 0 Å². The second-order valence-corrected chi connectivity index (χ2v) is 9.27. The SMILES string of the molecule is O=C1Nc2ccccc2C12NC(c1ccccc1)C(c1ccccc1)C21CCCCC1=O. The van der Waals surface area contributed by atoms with Gasteiger partial charge in [-0.1, -0.05) is 85.3 Å². The predicted octanol–water partition coefficient (Wildman–Crippen LogP) is 5.09. The van der Waals surface area contributed by atoms with Crippen LogP contribution in [-0.2, 0) is 15.1 Å². The van der Waals surface area contributed by atoms with Gasteiger partial charge in [0.1, 0.15) is 11.3 Å². The number of rotatable bonds is 2. The minimum Gasteiger partial charge on any atom is -0.324 e. The van der Waals surface area contributed by atoms with Gasteiger partial charge in [0.05, 0.1) is 5.41 Å². The zero-order valence-electron chi connectivity index (χ0n) is 17.9. The van der Waals surface area contributed by atoms with E-state index in [-0.39, 0.29) is 23.7 Å². The molecule has 4 atom stereocenters. The Bertz CT molecular complexity index is 1190. The molecule has 4 unspecified atom stereocenters. The Hall–Kier alpha value is -3.24. The van der Waals surface area contributed by atoms with Crippen LogP contribution in [0, 0.1) is 5.41 Å². The molecule has 3 aromatic rings. The van der Waals surface area contributed by atoms with Crippen LogP contribution in [0.1, 0.15) is 54.3 Å². The monoisotopic (exact) mass is 422 g/mol. The molecule has 0 bridgehead atoms. The second-order valence-electron chi connectivity index (χ2n) is 9.27. The molecule has 4 nitrogen and oxygen atoms in total. The molecule has 160 valence electrons. The lowest BCUT2D eigenvalue weighted by atomic mass is 9.53. The fourth-order valence-electron chi connectivity index (χ4n) is 6.66. The summed E-state index contributed by atoms with van der Waals surface area (Å²) in [5.74, 6) is -0.0421. The summed E-state index contributed by atoms with van der Waals surface area (Å²) < 4.78 is 0. The van der Waals surface area contributed by atoms with Crippen molar-refractivity contribution in [1.82, 2.24) is 5.32 Å². The smallest absolute Gasteiger partial charge is 0.250 e. The van der Waals surface area contributed by atoms with Gasteiger partial charge < -0.3 is 5.32 Å². The van der Waals surface area contributed by atoms with E-state index in [1.54, 1.807) is 0 Å². The molecule has 1 aliphatic carbocycles. The first-order valence-electron chi connectivity index (χ1n) is 11.5. The number of para-hydroxylation sites is 1. The number of fused-ring (bicyclic) bond motifs is 3. The highest BCUT2D eigenvalue weighted by molar-refractivity contribution is 6.11. The van der Waals surface area contributed by atoms with Crippen molar-refractivity contribution in [3.63, 3.8) is 0 Å². The number of carbonyl (C=O) groups is 2. The van der Waals surface area contributed by atoms with Crippen molar-refractivity contribution < 1.29 is 9.59 Å². The summed E-state index contributed by atoms with van der Waals surface area (Å²) in [7, 11) is 0. The lowest BCUT2D eigenvalue weighted by molar-refractivity contribution is -0.143. The minimum absolute atomic E-state index is 0.103. The largest absolute Gasteiger partial charge is 0.324 e. The van der Waals surface area contributed by atoms with E-state index in [4.69, 9.17) is 0 Å². The van der Waals surface area contributed by atoms with E-state index >= 15 is 0 Å². The van der Waals surface area contributed by atoms with Crippen LogP contribution in [0.3, 0.4) is 0 Å². The molecule has 2 aliphatic heterocycles. The number of carbonyl (C=O) groups excluding carboxylic acids is 2. The molecule has 4 heteroatoms. The van der Waals surface area contributed by atoms with Gasteiger partial charge >= 0.3 is 0 Å². The van der Waals surface area contributed by atoms with E-state index in [0.717, 1.165) is 35.2 Å². The second kappa shape index (κ2) is 7.14. The zero-order chi connectivity index (χ0) is 21.8. The summed E-state index contributed by atoms with van der Waals surface area (Å²) in [6, 6.07) is 28.3. The Morgan fingerprint density at radius 3 is 2.12 bits per heavy atom. The van der Waals surface area contributed by atoms with Gasteiger partial charge in [0.15, 0.2) is 0 Å². The van der Waals surface area contributed by atoms with E-state index in [1.807, 2.05) is 60.7 Å². The van der Waals surface area contributed by atoms with E-state index in [0.29, 0.717) is 12.8 Å². The van der Waals surface area contributed by atoms with Crippen molar-refractivity contribution in [2.75, 3.05) is 5.32 Å². The number of benzene rings is 3. The number of nitrogens with one attached hydrogen (secondary N) is 2. The fourth-order valence-corrected chi connectivity index (χ4v) is 6.66. The third-order valence-electron chi connectivity index (χ3n) is 7.87. The fraction of sp³-hybridized carbons (Fsp3) is 0.286. The van der Waals surface area contributed by atoms with E-state index in [9.17, 15) is 9.59 Å². The molecule has 3 aliphatic rings. The van der Waals surface area contributed by atoms with Gasteiger partial charge in [-0.2, -0.15) is 0 Å². The average Bonchev–Trinajstić information content (AvgIpc) is 3.30. The molecule has 2 fully saturated rings. The molecule has 1 saturated carbocycles. The van der Waals surface area contributed by atoms with Crippen molar-refractivity contribution in [1.29, 1.82) is 0 Å². The molecule has 2 heterocycles. The highest BCUT2D eigenvalue weighted by Gasteiger charge is 2.73. The average molecular weight is 423 g/mol. The summed E-state index contributed by atoms with van der Waals surface area (Å²) in [6.45, 7) is 0. The number of Topliss-reactive ketones (excluding diaryl/α,β-unsaturated/α-hetero) is 1. The summed E-state index contributed by atoms with van der Waals surface area (Å²) in [6.07, 6.45) is 3.04.